The smallest absolute Gasteiger partial charge is 0.108 e. The molecule has 106 valence electrons. The first-order valence-electron chi connectivity index (χ1n) is 6.34. The molecule has 0 radical (unpaired) electrons. The first-order valence-corrected chi connectivity index (χ1v) is 6.34. The fourth-order valence-electron chi connectivity index (χ4n) is 1.18. The summed E-state index contributed by atoms with van der Waals surface area (Å²) in [6, 6.07) is 0. The van der Waals surface area contributed by atoms with E-state index < -0.39 is 0 Å². The van der Waals surface area contributed by atoms with E-state index in [-0.39, 0.29) is 0 Å². The van der Waals surface area contributed by atoms with Crippen LogP contribution in [0.15, 0.2) is 0 Å². The van der Waals surface area contributed by atoms with E-state index in [2.05, 4.69) is 23.7 Å². The maximum absolute atomic E-state index is 5.32. The third-order valence-electron chi connectivity index (χ3n) is 2.08. The van der Waals surface area contributed by atoms with Crippen molar-refractivity contribution in [3.05, 3.63) is 0 Å². The Labute approximate surface area is 114 Å². The van der Waals surface area contributed by atoms with Gasteiger partial charge in [-0.25, -0.2) is 0 Å². The molecule has 0 fully saturated rings. The molecule has 1 aliphatic rings. The first-order chi connectivity index (χ1) is 9.50. The number of hydrogen-bond donors (Lipinski definition) is 0. The van der Waals surface area contributed by atoms with Crippen LogP contribution in [0.3, 0.4) is 0 Å². The summed E-state index contributed by atoms with van der Waals surface area (Å²) >= 11 is 0. The second-order valence-electron chi connectivity index (χ2n) is 3.55. The summed E-state index contributed by atoms with van der Waals surface area (Å²) in [6.45, 7) is 5.10. The van der Waals surface area contributed by atoms with Crippen molar-refractivity contribution in [1.82, 2.24) is 0 Å². The SMILES string of the molecule is C1#CCOCCOCCOCCOCCOCC#C1. The van der Waals surface area contributed by atoms with Crippen molar-refractivity contribution in [2.24, 2.45) is 0 Å². The molecule has 0 bridgehead atoms. The third-order valence-corrected chi connectivity index (χ3v) is 2.08. The zero-order valence-corrected chi connectivity index (χ0v) is 11.1. The van der Waals surface area contributed by atoms with Gasteiger partial charge in [-0.2, -0.15) is 0 Å². The molecule has 0 amide bonds. The third kappa shape index (κ3) is 11.7. The predicted molar refractivity (Wildman–Crippen MR) is 69.6 cm³/mol. The van der Waals surface area contributed by atoms with Gasteiger partial charge >= 0.3 is 0 Å². The molecular weight excluding hydrogens is 248 g/mol. The Kier molecular flexibility index (Phi) is 11.2. The van der Waals surface area contributed by atoms with Crippen molar-refractivity contribution in [1.29, 1.82) is 0 Å². The Morgan fingerprint density at radius 3 is 1.11 bits per heavy atom. The van der Waals surface area contributed by atoms with Gasteiger partial charge in [-0.1, -0.05) is 11.8 Å². The lowest BCUT2D eigenvalue weighted by atomic mass is 10.5. The van der Waals surface area contributed by atoms with Gasteiger partial charge in [-0.05, 0) is 11.8 Å². The summed E-state index contributed by atoms with van der Waals surface area (Å²) in [6.07, 6.45) is 0. The van der Waals surface area contributed by atoms with E-state index in [0.717, 1.165) is 0 Å². The topological polar surface area (TPSA) is 46.2 Å². The molecule has 0 aliphatic carbocycles. The normalized spacial score (nSPS) is 20.6. The quantitative estimate of drug-likeness (QED) is 0.583. The summed E-state index contributed by atoms with van der Waals surface area (Å²) in [4.78, 5) is 0. The highest BCUT2D eigenvalue weighted by Crippen LogP contribution is 1.83. The standard InChI is InChI=1S/C14H20O5/c1-2-4-6-16-8-10-18-12-14-19-13-11-17-9-7-15-5-3-1/h5-14H2. The lowest BCUT2D eigenvalue weighted by molar-refractivity contribution is -0.00702. The molecule has 0 saturated heterocycles. The van der Waals surface area contributed by atoms with Crippen LogP contribution in [0, 0.1) is 23.7 Å². The molecule has 0 N–H and O–H groups in total. The average molecular weight is 268 g/mol. The molecule has 1 rings (SSSR count). The Hall–Kier alpha value is -1.08. The molecular formula is C14H20O5. The summed E-state index contributed by atoms with van der Waals surface area (Å²) in [5, 5.41) is 0. The summed E-state index contributed by atoms with van der Waals surface area (Å²) in [5.41, 5.74) is 0. The molecule has 0 aromatic carbocycles. The van der Waals surface area contributed by atoms with Gasteiger partial charge in [-0.3, -0.25) is 0 Å². The number of ether oxygens (including phenoxy) is 5. The highest BCUT2D eigenvalue weighted by atomic mass is 16.6. The summed E-state index contributed by atoms with van der Waals surface area (Å²) in [7, 11) is 0. The Morgan fingerprint density at radius 2 is 0.737 bits per heavy atom. The van der Waals surface area contributed by atoms with Gasteiger partial charge in [0.15, 0.2) is 0 Å². The lowest BCUT2D eigenvalue weighted by Gasteiger charge is -2.06. The van der Waals surface area contributed by atoms with E-state index in [9.17, 15) is 0 Å². The largest absolute Gasteiger partial charge is 0.377 e. The molecule has 5 nitrogen and oxygen atoms in total. The number of rotatable bonds is 0. The van der Waals surface area contributed by atoms with E-state index in [0.29, 0.717) is 66.1 Å². The van der Waals surface area contributed by atoms with Crippen LogP contribution in [0.4, 0.5) is 0 Å². The minimum Gasteiger partial charge on any atom is -0.377 e. The van der Waals surface area contributed by atoms with Gasteiger partial charge in [0, 0.05) is 0 Å². The maximum atomic E-state index is 5.32. The highest BCUT2D eigenvalue weighted by Gasteiger charge is 1.92. The Morgan fingerprint density at radius 1 is 0.421 bits per heavy atom. The van der Waals surface area contributed by atoms with Crippen molar-refractivity contribution in [2.45, 2.75) is 0 Å². The monoisotopic (exact) mass is 268 g/mol. The lowest BCUT2D eigenvalue weighted by Crippen LogP contribution is -2.13. The van der Waals surface area contributed by atoms with Crippen molar-refractivity contribution in [3.63, 3.8) is 0 Å². The van der Waals surface area contributed by atoms with Gasteiger partial charge in [0.1, 0.15) is 13.2 Å². The van der Waals surface area contributed by atoms with Crippen LogP contribution >= 0.6 is 0 Å². The molecule has 5 heteroatoms. The van der Waals surface area contributed by atoms with Crippen LogP contribution in [0.1, 0.15) is 0 Å². The van der Waals surface area contributed by atoms with Crippen LogP contribution in [0.25, 0.3) is 0 Å². The first kappa shape index (κ1) is 16.0. The minimum absolute atomic E-state index is 0.364. The molecule has 0 spiro atoms. The second-order valence-corrected chi connectivity index (χ2v) is 3.55. The highest BCUT2D eigenvalue weighted by molar-refractivity contribution is 5.26. The molecule has 0 aromatic rings. The molecule has 0 atom stereocenters. The van der Waals surface area contributed by atoms with Crippen LogP contribution in [-0.2, 0) is 23.7 Å². The van der Waals surface area contributed by atoms with Gasteiger partial charge in [0.25, 0.3) is 0 Å². The van der Waals surface area contributed by atoms with Crippen molar-refractivity contribution in [3.8, 4) is 23.7 Å². The molecule has 0 saturated carbocycles. The van der Waals surface area contributed by atoms with Crippen molar-refractivity contribution < 1.29 is 23.7 Å². The van der Waals surface area contributed by atoms with E-state index >= 15 is 0 Å². The van der Waals surface area contributed by atoms with E-state index in [1.54, 1.807) is 0 Å². The van der Waals surface area contributed by atoms with Gasteiger partial charge in [0.05, 0.1) is 52.9 Å². The Bertz CT molecular complexity index is 288. The molecule has 1 heterocycles. The average Bonchev–Trinajstić information content (AvgIpc) is 2.43. The van der Waals surface area contributed by atoms with E-state index in [1.165, 1.54) is 0 Å². The van der Waals surface area contributed by atoms with E-state index in [1.807, 2.05) is 0 Å². The van der Waals surface area contributed by atoms with Crippen LogP contribution in [0.2, 0.25) is 0 Å². The van der Waals surface area contributed by atoms with Gasteiger partial charge in [0.2, 0.25) is 0 Å². The zero-order chi connectivity index (χ0) is 13.4. The van der Waals surface area contributed by atoms with Crippen molar-refractivity contribution >= 4 is 0 Å². The second kappa shape index (κ2) is 13.4. The van der Waals surface area contributed by atoms with Gasteiger partial charge in [-0.15, -0.1) is 0 Å². The van der Waals surface area contributed by atoms with Crippen LogP contribution < -0.4 is 0 Å². The maximum Gasteiger partial charge on any atom is 0.108 e. The minimum atomic E-state index is 0.364. The van der Waals surface area contributed by atoms with E-state index in [4.69, 9.17) is 23.7 Å². The fraction of sp³-hybridized carbons (Fsp3) is 0.714. The van der Waals surface area contributed by atoms with Crippen LogP contribution in [-0.4, -0.2) is 66.1 Å². The predicted octanol–water partition coefficient (Wildman–Crippen LogP) is 0.0898. The zero-order valence-electron chi connectivity index (χ0n) is 11.1. The number of hydrogen-bond acceptors (Lipinski definition) is 5. The van der Waals surface area contributed by atoms with Crippen LogP contribution in [0.5, 0.6) is 0 Å². The fourth-order valence-corrected chi connectivity index (χ4v) is 1.18. The molecule has 1 aliphatic heterocycles. The molecule has 19 heavy (non-hydrogen) atoms. The molecule has 0 unspecified atom stereocenters. The summed E-state index contributed by atoms with van der Waals surface area (Å²) < 4.78 is 26.4. The Balaban J connectivity index is 2.17. The van der Waals surface area contributed by atoms with Gasteiger partial charge < -0.3 is 23.7 Å². The summed E-state index contributed by atoms with van der Waals surface area (Å²) in [5.74, 6) is 11.0. The van der Waals surface area contributed by atoms with Crippen molar-refractivity contribution in [2.75, 3.05) is 66.1 Å². The molecule has 0 aromatic heterocycles.